The summed E-state index contributed by atoms with van der Waals surface area (Å²) in [6, 6.07) is 6.56. The van der Waals surface area contributed by atoms with Gasteiger partial charge in [0, 0.05) is 16.6 Å². The summed E-state index contributed by atoms with van der Waals surface area (Å²) in [6.07, 6.45) is 6.62. The minimum atomic E-state index is -3.71. The van der Waals surface area contributed by atoms with Crippen LogP contribution in [0.1, 0.15) is 58.8 Å². The number of hydrogen-bond donors (Lipinski definition) is 1. The van der Waals surface area contributed by atoms with E-state index >= 15 is 0 Å². The number of carbonyl (C=O) groups is 1. The molecule has 0 aliphatic heterocycles. The number of carbonyl (C=O) groups excluding carboxylic acids is 1. The van der Waals surface area contributed by atoms with E-state index in [9.17, 15) is 13.2 Å². The molecule has 1 N–H and O–H groups in total. The Morgan fingerprint density at radius 3 is 2.42 bits per heavy atom. The maximum atomic E-state index is 13.2. The summed E-state index contributed by atoms with van der Waals surface area (Å²) in [5.41, 5.74) is 0. The number of sulfonamides is 1. The third kappa shape index (κ3) is 5.79. The molecule has 26 heavy (non-hydrogen) atoms. The molecule has 0 aromatic heterocycles. The van der Waals surface area contributed by atoms with Gasteiger partial charge in [0.15, 0.2) is 0 Å². The van der Waals surface area contributed by atoms with Crippen LogP contribution >= 0.6 is 15.9 Å². The minimum Gasteiger partial charge on any atom is -0.353 e. The third-order valence-corrected chi connectivity index (χ3v) is 7.27. The molecule has 0 spiro atoms. The van der Waals surface area contributed by atoms with E-state index in [-0.39, 0.29) is 29.4 Å². The lowest BCUT2D eigenvalue weighted by molar-refractivity contribution is -0.122. The van der Waals surface area contributed by atoms with E-state index in [2.05, 4.69) is 28.2 Å². The van der Waals surface area contributed by atoms with Crippen LogP contribution in [0.3, 0.4) is 0 Å². The molecule has 1 atom stereocenters. The zero-order chi connectivity index (χ0) is 19.2. The van der Waals surface area contributed by atoms with Crippen LogP contribution in [0.5, 0.6) is 0 Å². The number of benzene rings is 1. The zero-order valence-corrected chi connectivity index (χ0v) is 18.0. The molecule has 1 unspecified atom stereocenters. The highest BCUT2D eigenvalue weighted by atomic mass is 79.9. The van der Waals surface area contributed by atoms with Crippen molar-refractivity contribution in [3.05, 3.63) is 28.7 Å². The molecule has 1 aromatic rings. The van der Waals surface area contributed by atoms with E-state index in [4.69, 9.17) is 0 Å². The molecule has 1 aliphatic rings. The van der Waals surface area contributed by atoms with Crippen molar-refractivity contribution in [1.29, 1.82) is 0 Å². The van der Waals surface area contributed by atoms with Crippen molar-refractivity contribution >= 4 is 31.9 Å². The molecule has 0 saturated heterocycles. The lowest BCUT2D eigenvalue weighted by Gasteiger charge is -2.33. The molecule has 1 aliphatic carbocycles. The van der Waals surface area contributed by atoms with Crippen LogP contribution in [0.15, 0.2) is 33.6 Å². The summed E-state index contributed by atoms with van der Waals surface area (Å²) < 4.78 is 28.7. The highest BCUT2D eigenvalue weighted by Crippen LogP contribution is 2.28. The van der Waals surface area contributed by atoms with Gasteiger partial charge in [-0.2, -0.15) is 4.31 Å². The number of rotatable bonds is 8. The van der Waals surface area contributed by atoms with Gasteiger partial charge in [0.2, 0.25) is 15.9 Å². The summed E-state index contributed by atoms with van der Waals surface area (Å²) in [5, 5.41) is 2.93. The second-order valence-corrected chi connectivity index (χ2v) is 9.86. The van der Waals surface area contributed by atoms with Gasteiger partial charge in [0.1, 0.15) is 0 Å². The monoisotopic (exact) mass is 444 g/mol. The quantitative estimate of drug-likeness (QED) is 0.656. The van der Waals surface area contributed by atoms with Crippen molar-refractivity contribution in [3.8, 4) is 0 Å². The fourth-order valence-corrected chi connectivity index (χ4v) is 5.39. The van der Waals surface area contributed by atoms with Crippen LogP contribution in [0.4, 0.5) is 0 Å². The molecule has 2 rings (SSSR count). The van der Waals surface area contributed by atoms with E-state index in [1.165, 1.54) is 4.31 Å². The lowest BCUT2D eigenvalue weighted by atomic mass is 9.95. The van der Waals surface area contributed by atoms with Crippen LogP contribution in [-0.4, -0.2) is 37.3 Å². The van der Waals surface area contributed by atoms with Crippen molar-refractivity contribution in [1.82, 2.24) is 9.62 Å². The first-order valence-electron chi connectivity index (χ1n) is 9.41. The van der Waals surface area contributed by atoms with Crippen LogP contribution in [0, 0.1) is 0 Å². The lowest BCUT2D eigenvalue weighted by Crippen LogP contribution is -2.48. The van der Waals surface area contributed by atoms with Crippen LogP contribution in [-0.2, 0) is 14.8 Å². The maximum absolute atomic E-state index is 13.2. The Morgan fingerprint density at radius 2 is 1.85 bits per heavy atom. The third-order valence-electron chi connectivity index (χ3n) is 4.83. The Balaban J connectivity index is 2.22. The van der Waals surface area contributed by atoms with Gasteiger partial charge in [-0.3, -0.25) is 4.79 Å². The van der Waals surface area contributed by atoms with Gasteiger partial charge in [0.25, 0.3) is 0 Å². The number of nitrogens with one attached hydrogen (secondary N) is 1. The molecular formula is C19H29BrN2O3S. The predicted octanol–water partition coefficient (Wildman–Crippen LogP) is 4.08. The van der Waals surface area contributed by atoms with Crippen molar-refractivity contribution < 1.29 is 13.2 Å². The van der Waals surface area contributed by atoms with E-state index in [0.717, 1.165) is 49.4 Å². The van der Waals surface area contributed by atoms with E-state index in [1.807, 2.05) is 6.92 Å². The molecule has 0 radical (unpaired) electrons. The first-order valence-corrected chi connectivity index (χ1v) is 11.6. The maximum Gasteiger partial charge on any atom is 0.243 e. The number of halogens is 1. The van der Waals surface area contributed by atoms with Gasteiger partial charge < -0.3 is 5.32 Å². The molecule has 0 bridgehead atoms. The summed E-state index contributed by atoms with van der Waals surface area (Å²) >= 11 is 3.34. The number of hydrogen-bond acceptors (Lipinski definition) is 3. The normalized spacial score (nSPS) is 17.2. The summed E-state index contributed by atoms with van der Waals surface area (Å²) in [7, 11) is -3.71. The van der Waals surface area contributed by atoms with Gasteiger partial charge in [0.05, 0.1) is 11.4 Å². The Bertz CT molecular complexity index is 685. The molecule has 0 heterocycles. The molecule has 5 nitrogen and oxygen atoms in total. The Labute approximate surface area is 165 Å². The first-order chi connectivity index (χ1) is 12.3. The highest BCUT2D eigenvalue weighted by Gasteiger charge is 2.34. The predicted molar refractivity (Wildman–Crippen MR) is 107 cm³/mol. The van der Waals surface area contributed by atoms with Crippen molar-refractivity contribution in [2.75, 3.05) is 6.54 Å². The van der Waals surface area contributed by atoms with E-state index < -0.39 is 10.0 Å². The summed E-state index contributed by atoms with van der Waals surface area (Å²) in [5.74, 6) is -0.225. The van der Waals surface area contributed by atoms with Crippen molar-refractivity contribution in [2.24, 2.45) is 0 Å². The fourth-order valence-electron chi connectivity index (χ4n) is 3.49. The molecule has 1 amide bonds. The minimum absolute atomic E-state index is 0.0519. The Hall–Kier alpha value is -0.920. The van der Waals surface area contributed by atoms with Gasteiger partial charge in [-0.25, -0.2) is 8.42 Å². The number of amides is 1. The standard InChI is InChI=1S/C19H29BrN2O3S/c1-3-7-15(2)21-19(23)14-22(17-8-5-4-6-9-17)26(24,25)18-12-10-16(20)11-13-18/h10-13,15,17H,3-9,14H2,1-2H3,(H,21,23). The topological polar surface area (TPSA) is 66.5 Å². The molecular weight excluding hydrogens is 416 g/mol. The van der Waals surface area contributed by atoms with Crippen LogP contribution in [0.25, 0.3) is 0 Å². The van der Waals surface area contributed by atoms with E-state index in [0.29, 0.717) is 0 Å². The summed E-state index contributed by atoms with van der Waals surface area (Å²) in [6.45, 7) is 3.90. The van der Waals surface area contributed by atoms with Crippen molar-refractivity contribution in [3.63, 3.8) is 0 Å². The van der Waals surface area contributed by atoms with E-state index in [1.54, 1.807) is 24.3 Å². The second-order valence-electron chi connectivity index (χ2n) is 7.05. The average Bonchev–Trinajstić information content (AvgIpc) is 2.61. The number of nitrogens with zero attached hydrogens (tertiary/aromatic N) is 1. The summed E-state index contributed by atoms with van der Waals surface area (Å²) in [4.78, 5) is 12.7. The molecule has 1 saturated carbocycles. The van der Waals surface area contributed by atoms with Gasteiger partial charge in [-0.1, -0.05) is 48.5 Å². The molecule has 146 valence electrons. The molecule has 1 fully saturated rings. The van der Waals surface area contributed by atoms with Crippen LogP contribution < -0.4 is 5.32 Å². The van der Waals surface area contributed by atoms with Gasteiger partial charge in [-0.15, -0.1) is 0 Å². The zero-order valence-electron chi connectivity index (χ0n) is 15.6. The van der Waals surface area contributed by atoms with Crippen LogP contribution in [0.2, 0.25) is 0 Å². The largest absolute Gasteiger partial charge is 0.353 e. The van der Waals surface area contributed by atoms with Gasteiger partial charge in [-0.05, 0) is 50.5 Å². The first kappa shape index (κ1) is 21.4. The highest BCUT2D eigenvalue weighted by molar-refractivity contribution is 9.10. The Kier molecular flexibility index (Phi) is 8.10. The Morgan fingerprint density at radius 1 is 1.23 bits per heavy atom. The second kappa shape index (κ2) is 9.85. The smallest absolute Gasteiger partial charge is 0.243 e. The molecule has 1 aromatic carbocycles. The van der Waals surface area contributed by atoms with Gasteiger partial charge >= 0.3 is 0 Å². The van der Waals surface area contributed by atoms with Crippen molar-refractivity contribution in [2.45, 2.75) is 75.8 Å². The fraction of sp³-hybridized carbons (Fsp3) is 0.632. The SMILES string of the molecule is CCCC(C)NC(=O)CN(C1CCCCC1)S(=O)(=O)c1ccc(Br)cc1. The average molecular weight is 445 g/mol. The molecule has 7 heteroatoms.